The molecule has 0 spiro atoms. The van der Waals surface area contributed by atoms with E-state index in [9.17, 15) is 19.5 Å². The van der Waals surface area contributed by atoms with Crippen LogP contribution in [0.1, 0.15) is 12.0 Å². The molecule has 0 fully saturated rings. The maximum atomic E-state index is 12.0. The maximum absolute atomic E-state index is 12.0. The van der Waals surface area contributed by atoms with E-state index >= 15 is 0 Å². The molecule has 2 aromatic rings. The molecule has 0 bridgehead atoms. The monoisotopic (exact) mass is 392 g/mol. The lowest BCUT2D eigenvalue weighted by Crippen LogP contribution is -2.49. The Hall–Kier alpha value is -2.52. The van der Waals surface area contributed by atoms with Gasteiger partial charge in [-0.3, -0.25) is 9.59 Å². The predicted molar refractivity (Wildman–Crippen MR) is 106 cm³/mol. The molecule has 0 radical (unpaired) electrons. The highest BCUT2D eigenvalue weighted by molar-refractivity contribution is 7.98. The molecule has 146 valence electrons. The quantitative estimate of drug-likeness (QED) is 0.399. The first-order chi connectivity index (χ1) is 12.9. The van der Waals surface area contributed by atoms with Gasteiger partial charge in [0.1, 0.15) is 6.04 Å². The summed E-state index contributed by atoms with van der Waals surface area (Å²) >= 11 is 1.58. The number of carbonyl (C=O) groups excluding carboxylic acids is 2. The number of rotatable bonds is 10. The van der Waals surface area contributed by atoms with Crippen molar-refractivity contribution < 1.29 is 19.5 Å². The molecule has 1 aromatic carbocycles. The van der Waals surface area contributed by atoms with Gasteiger partial charge in [0.05, 0.1) is 12.6 Å². The van der Waals surface area contributed by atoms with Gasteiger partial charge in [0, 0.05) is 23.5 Å². The van der Waals surface area contributed by atoms with Crippen LogP contribution in [0.3, 0.4) is 0 Å². The Kier molecular flexibility index (Phi) is 7.68. The SMILES string of the molecule is CSCC[C@H](N)C(=O)NCC(=O)N[C@@H](Cc1c[nH]c2ccccc12)C(=O)O. The van der Waals surface area contributed by atoms with Crippen molar-refractivity contribution in [3.63, 3.8) is 0 Å². The molecule has 8 nitrogen and oxygen atoms in total. The number of thioether (sulfide) groups is 1. The minimum absolute atomic E-state index is 0.131. The maximum Gasteiger partial charge on any atom is 0.326 e. The summed E-state index contributed by atoms with van der Waals surface area (Å²) in [4.78, 5) is 38.5. The molecule has 0 aliphatic rings. The number of carbonyl (C=O) groups is 3. The fourth-order valence-electron chi connectivity index (χ4n) is 2.64. The number of carboxylic acid groups (broad SMARTS) is 1. The first-order valence-corrected chi connectivity index (χ1v) is 9.91. The van der Waals surface area contributed by atoms with Crippen LogP contribution in [0.5, 0.6) is 0 Å². The highest BCUT2D eigenvalue weighted by Crippen LogP contribution is 2.19. The minimum Gasteiger partial charge on any atom is -0.480 e. The summed E-state index contributed by atoms with van der Waals surface area (Å²) in [5.41, 5.74) is 7.42. The summed E-state index contributed by atoms with van der Waals surface area (Å²) in [6, 6.07) is 5.74. The van der Waals surface area contributed by atoms with Crippen molar-refractivity contribution in [3.8, 4) is 0 Å². The number of H-pyrrole nitrogens is 1. The Morgan fingerprint density at radius 2 is 2.04 bits per heavy atom. The molecule has 9 heteroatoms. The van der Waals surface area contributed by atoms with Gasteiger partial charge in [0.25, 0.3) is 0 Å². The number of fused-ring (bicyclic) bond motifs is 1. The Balaban J connectivity index is 1.91. The lowest BCUT2D eigenvalue weighted by atomic mass is 10.0. The van der Waals surface area contributed by atoms with E-state index in [4.69, 9.17) is 5.73 Å². The average molecular weight is 392 g/mol. The molecule has 6 N–H and O–H groups in total. The highest BCUT2D eigenvalue weighted by Gasteiger charge is 2.22. The Morgan fingerprint density at radius 3 is 2.74 bits per heavy atom. The van der Waals surface area contributed by atoms with E-state index in [0.717, 1.165) is 22.2 Å². The smallest absolute Gasteiger partial charge is 0.326 e. The van der Waals surface area contributed by atoms with Gasteiger partial charge in [-0.1, -0.05) is 18.2 Å². The lowest BCUT2D eigenvalue weighted by Gasteiger charge is -2.16. The fraction of sp³-hybridized carbons (Fsp3) is 0.389. The third kappa shape index (κ3) is 6.00. The van der Waals surface area contributed by atoms with E-state index in [1.165, 1.54) is 0 Å². The van der Waals surface area contributed by atoms with Crippen molar-refractivity contribution in [2.75, 3.05) is 18.6 Å². The first-order valence-electron chi connectivity index (χ1n) is 8.51. The van der Waals surface area contributed by atoms with Crippen molar-refractivity contribution in [2.24, 2.45) is 5.73 Å². The zero-order chi connectivity index (χ0) is 19.8. The van der Waals surface area contributed by atoms with Crippen LogP contribution in [0.2, 0.25) is 0 Å². The second kappa shape index (κ2) is 9.98. The molecule has 27 heavy (non-hydrogen) atoms. The standard InChI is InChI=1S/C18H24N4O4S/c1-27-7-6-13(19)17(24)21-10-16(23)22-15(18(25)26)8-11-9-20-14-5-3-2-4-12(11)14/h2-5,9,13,15,20H,6-8,10,19H2,1H3,(H,21,24)(H,22,23)(H,25,26)/t13-,15-/m0/s1. The summed E-state index contributed by atoms with van der Waals surface area (Å²) in [7, 11) is 0. The third-order valence-electron chi connectivity index (χ3n) is 4.13. The van der Waals surface area contributed by atoms with Gasteiger partial charge < -0.3 is 26.5 Å². The van der Waals surface area contributed by atoms with Gasteiger partial charge in [-0.05, 0) is 30.1 Å². The second-order valence-electron chi connectivity index (χ2n) is 6.13. The second-order valence-corrected chi connectivity index (χ2v) is 7.11. The number of nitrogens with one attached hydrogen (secondary N) is 3. The van der Waals surface area contributed by atoms with Crippen LogP contribution in [0.15, 0.2) is 30.5 Å². The van der Waals surface area contributed by atoms with Crippen molar-refractivity contribution in [3.05, 3.63) is 36.0 Å². The van der Waals surface area contributed by atoms with Gasteiger partial charge in [0.15, 0.2) is 0 Å². The number of aromatic nitrogens is 1. The molecular weight excluding hydrogens is 368 g/mol. The largest absolute Gasteiger partial charge is 0.480 e. The van der Waals surface area contributed by atoms with Gasteiger partial charge in [-0.2, -0.15) is 11.8 Å². The lowest BCUT2D eigenvalue weighted by molar-refractivity contribution is -0.141. The molecule has 1 aromatic heterocycles. The molecule has 2 rings (SSSR count). The topological polar surface area (TPSA) is 137 Å². The molecule has 0 unspecified atom stereocenters. The summed E-state index contributed by atoms with van der Waals surface area (Å²) in [6.07, 6.45) is 4.29. The molecule has 0 aliphatic carbocycles. The van der Waals surface area contributed by atoms with Gasteiger partial charge in [-0.25, -0.2) is 4.79 Å². The Bertz CT molecular complexity index is 808. The number of amides is 2. The molecule has 2 amide bonds. The van der Waals surface area contributed by atoms with E-state index in [1.54, 1.807) is 18.0 Å². The van der Waals surface area contributed by atoms with Crippen LogP contribution >= 0.6 is 11.8 Å². The average Bonchev–Trinajstić information content (AvgIpc) is 3.06. The summed E-state index contributed by atoms with van der Waals surface area (Å²) in [6.45, 7) is -0.316. The number of benzene rings is 1. The Labute approximate surface area is 161 Å². The minimum atomic E-state index is -1.14. The van der Waals surface area contributed by atoms with Gasteiger partial charge in [0.2, 0.25) is 11.8 Å². The molecule has 1 heterocycles. The van der Waals surface area contributed by atoms with Gasteiger partial charge >= 0.3 is 5.97 Å². The number of aromatic amines is 1. The number of nitrogens with two attached hydrogens (primary N) is 1. The van der Waals surface area contributed by atoms with Crippen LogP contribution in [-0.4, -0.2) is 58.5 Å². The predicted octanol–water partition coefficient (Wildman–Crippen LogP) is 0.476. The molecular formula is C18H24N4O4S. The van der Waals surface area contributed by atoms with E-state index < -0.39 is 29.9 Å². The van der Waals surface area contributed by atoms with Crippen LogP contribution in [0, 0.1) is 0 Å². The fourth-order valence-corrected chi connectivity index (χ4v) is 3.13. The normalized spacial score (nSPS) is 13.1. The zero-order valence-corrected chi connectivity index (χ0v) is 15.8. The number of para-hydroxylation sites is 1. The number of hydrogen-bond acceptors (Lipinski definition) is 5. The summed E-state index contributed by atoms with van der Waals surface area (Å²) in [5.74, 6) is -1.40. The van der Waals surface area contributed by atoms with E-state index in [2.05, 4.69) is 15.6 Å². The molecule has 2 atom stereocenters. The van der Waals surface area contributed by atoms with Crippen molar-refractivity contribution in [1.82, 2.24) is 15.6 Å². The number of carboxylic acids is 1. The van der Waals surface area contributed by atoms with Crippen LogP contribution < -0.4 is 16.4 Å². The number of aliphatic carboxylic acids is 1. The van der Waals surface area contributed by atoms with Crippen LogP contribution in [0.4, 0.5) is 0 Å². The van der Waals surface area contributed by atoms with Gasteiger partial charge in [-0.15, -0.1) is 0 Å². The van der Waals surface area contributed by atoms with E-state index in [-0.39, 0.29) is 13.0 Å². The first kappa shape index (κ1) is 20.8. The molecule has 0 saturated heterocycles. The summed E-state index contributed by atoms with van der Waals surface area (Å²) in [5, 5.41) is 15.2. The third-order valence-corrected chi connectivity index (χ3v) is 4.77. The van der Waals surface area contributed by atoms with E-state index in [1.807, 2.05) is 30.5 Å². The molecule has 0 aliphatic heterocycles. The molecule has 0 saturated carbocycles. The highest BCUT2D eigenvalue weighted by atomic mass is 32.2. The van der Waals surface area contributed by atoms with Crippen molar-refractivity contribution in [2.45, 2.75) is 24.9 Å². The van der Waals surface area contributed by atoms with Crippen molar-refractivity contribution >= 4 is 40.4 Å². The van der Waals surface area contributed by atoms with Crippen LogP contribution in [-0.2, 0) is 20.8 Å². The van der Waals surface area contributed by atoms with Crippen LogP contribution in [0.25, 0.3) is 10.9 Å². The van der Waals surface area contributed by atoms with Crippen molar-refractivity contribution in [1.29, 1.82) is 0 Å². The van der Waals surface area contributed by atoms with E-state index in [0.29, 0.717) is 6.42 Å². The summed E-state index contributed by atoms with van der Waals surface area (Å²) < 4.78 is 0. The Morgan fingerprint density at radius 1 is 1.30 bits per heavy atom. The zero-order valence-electron chi connectivity index (χ0n) is 15.0. The number of hydrogen-bond donors (Lipinski definition) is 5.